The lowest BCUT2D eigenvalue weighted by Crippen LogP contribution is -2.26. The Morgan fingerprint density at radius 1 is 1.12 bits per heavy atom. The van der Waals surface area contributed by atoms with E-state index in [-0.39, 0.29) is 30.4 Å². The summed E-state index contributed by atoms with van der Waals surface area (Å²) in [6, 6.07) is 16.6. The van der Waals surface area contributed by atoms with Crippen LogP contribution in [0.25, 0.3) is 22.2 Å². The number of aromatic nitrogens is 1. The third-order valence-corrected chi connectivity index (χ3v) is 7.96. The van der Waals surface area contributed by atoms with Gasteiger partial charge in [0.1, 0.15) is 0 Å². The van der Waals surface area contributed by atoms with Crippen LogP contribution in [0.2, 0.25) is 0 Å². The number of carbonyl (C=O) groups is 1. The maximum absolute atomic E-state index is 11.8. The molecule has 4 unspecified atom stereocenters. The summed E-state index contributed by atoms with van der Waals surface area (Å²) in [4.78, 5) is 19.1. The van der Waals surface area contributed by atoms with Gasteiger partial charge < -0.3 is 32.6 Å². The molecular formula is C33H43N6O2-. The summed E-state index contributed by atoms with van der Waals surface area (Å²) in [6.07, 6.45) is 14.5. The fourth-order valence-corrected chi connectivity index (χ4v) is 5.86. The average Bonchev–Trinajstić information content (AvgIpc) is 3.46. The number of carboxylic acids is 1. The fourth-order valence-electron chi connectivity index (χ4n) is 5.86. The Morgan fingerprint density at radius 3 is 2.56 bits per heavy atom. The van der Waals surface area contributed by atoms with E-state index in [1.807, 2.05) is 12.1 Å². The highest BCUT2D eigenvalue weighted by molar-refractivity contribution is 5.87. The van der Waals surface area contributed by atoms with E-state index < -0.39 is 12.0 Å². The first-order valence-electron chi connectivity index (χ1n) is 14.6. The zero-order chi connectivity index (χ0) is 29.2. The second-order valence-electron chi connectivity index (χ2n) is 11.0. The van der Waals surface area contributed by atoms with E-state index in [9.17, 15) is 9.90 Å². The molecule has 8 N–H and O–H groups in total. The van der Waals surface area contributed by atoms with Gasteiger partial charge in [0, 0.05) is 12.1 Å². The molecule has 218 valence electrons. The normalized spacial score (nSPS) is 18.0. The van der Waals surface area contributed by atoms with Crippen LogP contribution in [0.1, 0.15) is 68.9 Å². The van der Waals surface area contributed by atoms with Gasteiger partial charge in [0.15, 0.2) is 5.96 Å². The van der Waals surface area contributed by atoms with Gasteiger partial charge in [-0.2, -0.15) is 0 Å². The molecule has 41 heavy (non-hydrogen) atoms. The van der Waals surface area contributed by atoms with Crippen molar-refractivity contribution in [1.29, 1.82) is 0 Å². The van der Waals surface area contributed by atoms with Crippen LogP contribution in [0, 0.1) is 5.92 Å². The Morgan fingerprint density at radius 2 is 1.88 bits per heavy atom. The lowest BCUT2D eigenvalue weighted by molar-refractivity contribution is -0.131. The van der Waals surface area contributed by atoms with Crippen molar-refractivity contribution in [3.63, 3.8) is 0 Å². The molecule has 1 aliphatic carbocycles. The molecule has 0 fully saturated rings. The van der Waals surface area contributed by atoms with Crippen molar-refractivity contribution in [2.45, 2.75) is 69.9 Å². The van der Waals surface area contributed by atoms with E-state index in [0.29, 0.717) is 17.8 Å². The largest absolute Gasteiger partial charge is 0.478 e. The van der Waals surface area contributed by atoms with Crippen LogP contribution in [0.5, 0.6) is 0 Å². The molecule has 0 saturated carbocycles. The van der Waals surface area contributed by atoms with E-state index in [4.69, 9.17) is 22.5 Å². The maximum Gasteiger partial charge on any atom is 0.328 e. The standard InChI is InChI=1S/C33H43N6O2/c1-2-3-10-27(34)11-6-12-28-25(15-14-24-17-22-8-4-5-9-23(22)18-29(24)28)19-30(39-31-13-7-16-37-31)26(20-32(40)41)21-38-33(35)36/h4-5,7-9,13-18,20,25,27-28,30,37H,2-3,6,10-12,19,21,34H2,1H3,(H,40,41)(H4,35,36,38)/q-1. The molecule has 4 rings (SSSR count). The molecule has 1 heterocycles. The lowest BCUT2D eigenvalue weighted by atomic mass is 9.73. The second kappa shape index (κ2) is 14.6. The summed E-state index contributed by atoms with van der Waals surface area (Å²) < 4.78 is 0. The number of nitrogens with two attached hydrogens (primary N) is 3. The number of hydrogen-bond donors (Lipinski definition) is 5. The van der Waals surface area contributed by atoms with Gasteiger partial charge in [-0.15, -0.1) is 0 Å². The summed E-state index contributed by atoms with van der Waals surface area (Å²) in [5, 5.41) is 17.1. The summed E-state index contributed by atoms with van der Waals surface area (Å²) >= 11 is 0. The number of aliphatic imine (C=N–C) groups is 1. The molecule has 0 aliphatic heterocycles. The molecule has 1 aromatic heterocycles. The van der Waals surface area contributed by atoms with E-state index in [1.165, 1.54) is 28.0 Å². The SMILES string of the molecule is CCCCC(N)CCCC1c2cc3ccccc3cc2C=CC1CC([N-]c1ccc[nH]1)C(=CC(=O)O)CN=C(N)N. The van der Waals surface area contributed by atoms with Crippen LogP contribution in [0.3, 0.4) is 0 Å². The van der Waals surface area contributed by atoms with Gasteiger partial charge in [0.05, 0.1) is 6.54 Å². The minimum atomic E-state index is -1.05. The molecule has 3 aromatic rings. The molecular weight excluding hydrogens is 512 g/mol. The molecule has 1 aliphatic rings. The Labute approximate surface area is 242 Å². The highest BCUT2D eigenvalue weighted by Gasteiger charge is 2.29. The summed E-state index contributed by atoms with van der Waals surface area (Å²) in [6.45, 7) is 2.26. The van der Waals surface area contributed by atoms with Gasteiger partial charge in [-0.05, 0) is 77.1 Å². The molecule has 4 atom stereocenters. The van der Waals surface area contributed by atoms with E-state index in [0.717, 1.165) is 38.5 Å². The van der Waals surface area contributed by atoms with Gasteiger partial charge in [0.25, 0.3) is 0 Å². The maximum atomic E-state index is 11.8. The molecule has 8 nitrogen and oxygen atoms in total. The highest BCUT2D eigenvalue weighted by Crippen LogP contribution is 2.43. The Bertz CT molecular complexity index is 1370. The minimum Gasteiger partial charge on any atom is -0.478 e. The predicted octanol–water partition coefficient (Wildman–Crippen LogP) is 6.33. The number of fused-ring (bicyclic) bond motifs is 2. The third-order valence-electron chi connectivity index (χ3n) is 7.96. The number of unbranched alkanes of at least 4 members (excludes halogenated alkanes) is 1. The molecule has 0 amide bonds. The summed E-state index contributed by atoms with van der Waals surface area (Å²) in [5.74, 6) is -0.0774. The zero-order valence-corrected chi connectivity index (χ0v) is 23.9. The number of aromatic amines is 1. The molecule has 0 spiro atoms. The summed E-state index contributed by atoms with van der Waals surface area (Å²) in [5.41, 5.74) is 20.8. The van der Waals surface area contributed by atoms with Crippen molar-refractivity contribution in [2.75, 3.05) is 6.54 Å². The predicted molar refractivity (Wildman–Crippen MR) is 169 cm³/mol. The van der Waals surface area contributed by atoms with Crippen LogP contribution in [0.4, 0.5) is 5.82 Å². The number of nitrogens with zero attached hydrogens (tertiary/aromatic N) is 2. The van der Waals surface area contributed by atoms with E-state index >= 15 is 0 Å². The van der Waals surface area contributed by atoms with E-state index in [2.05, 4.69) is 65.5 Å². The average molecular weight is 556 g/mol. The number of benzene rings is 2. The third kappa shape index (κ3) is 8.47. The first kappa shape index (κ1) is 29.9. The Kier molecular flexibility index (Phi) is 10.6. The number of hydrogen-bond acceptors (Lipinski definition) is 3. The first-order valence-corrected chi connectivity index (χ1v) is 14.6. The van der Waals surface area contributed by atoms with Crippen LogP contribution >= 0.6 is 0 Å². The van der Waals surface area contributed by atoms with Crippen molar-refractivity contribution in [1.82, 2.24) is 4.98 Å². The first-order chi connectivity index (χ1) is 19.8. The second-order valence-corrected chi connectivity index (χ2v) is 11.0. The molecule has 0 bridgehead atoms. The lowest BCUT2D eigenvalue weighted by Gasteiger charge is -2.36. The van der Waals surface area contributed by atoms with Crippen LogP contribution in [-0.4, -0.2) is 40.6 Å². The molecule has 2 aromatic carbocycles. The molecule has 0 saturated heterocycles. The highest BCUT2D eigenvalue weighted by atomic mass is 16.4. The molecule has 0 radical (unpaired) electrons. The summed E-state index contributed by atoms with van der Waals surface area (Å²) in [7, 11) is 0. The van der Waals surface area contributed by atoms with Crippen LogP contribution in [0.15, 0.2) is 77.4 Å². The minimum absolute atomic E-state index is 0.0676. The topological polar surface area (TPSA) is 158 Å². The number of rotatable bonds is 15. The van der Waals surface area contributed by atoms with Crippen LogP contribution in [-0.2, 0) is 4.79 Å². The van der Waals surface area contributed by atoms with Crippen molar-refractivity contribution in [3.8, 4) is 0 Å². The number of nitrogens with one attached hydrogen (secondary N) is 1. The van der Waals surface area contributed by atoms with Gasteiger partial charge in [-0.3, -0.25) is 0 Å². The smallest absolute Gasteiger partial charge is 0.328 e. The van der Waals surface area contributed by atoms with Crippen molar-refractivity contribution < 1.29 is 9.90 Å². The number of H-pyrrole nitrogens is 1. The van der Waals surface area contributed by atoms with Crippen molar-refractivity contribution in [2.24, 2.45) is 28.1 Å². The van der Waals surface area contributed by atoms with Gasteiger partial charge in [-0.1, -0.05) is 92.8 Å². The van der Waals surface area contributed by atoms with Gasteiger partial charge in [0.2, 0.25) is 0 Å². The van der Waals surface area contributed by atoms with Crippen LogP contribution < -0.4 is 17.2 Å². The fraction of sp³-hybridized carbons (Fsp3) is 0.394. The number of aliphatic carboxylic acids is 1. The number of guanidine groups is 1. The number of allylic oxidation sites excluding steroid dienone is 1. The Balaban J connectivity index is 1.66. The number of carboxylic acid groups (broad SMARTS) is 1. The van der Waals surface area contributed by atoms with Gasteiger partial charge >= 0.3 is 5.97 Å². The zero-order valence-electron chi connectivity index (χ0n) is 23.9. The quantitative estimate of drug-likeness (QED) is 0.0841. The monoisotopic (exact) mass is 555 g/mol. The Hall–Kier alpha value is -4.04. The molecule has 8 heteroatoms. The van der Waals surface area contributed by atoms with E-state index in [1.54, 1.807) is 6.20 Å². The van der Waals surface area contributed by atoms with Crippen molar-refractivity contribution in [3.05, 3.63) is 88.9 Å². The van der Waals surface area contributed by atoms with Crippen molar-refractivity contribution >= 4 is 34.6 Å². The van der Waals surface area contributed by atoms with Gasteiger partial charge in [-0.25, -0.2) is 9.79 Å².